The summed E-state index contributed by atoms with van der Waals surface area (Å²) < 4.78 is 13.2. The van der Waals surface area contributed by atoms with Crippen LogP contribution in [0.2, 0.25) is 0 Å². The van der Waals surface area contributed by atoms with Gasteiger partial charge in [-0.15, -0.1) is 11.3 Å². The predicted molar refractivity (Wildman–Crippen MR) is 85.5 cm³/mol. The zero-order valence-electron chi connectivity index (χ0n) is 12.6. The number of carbonyl (C=O) groups excluding carboxylic acids is 1. The summed E-state index contributed by atoms with van der Waals surface area (Å²) in [6.45, 7) is 3.51. The molecule has 1 unspecified atom stereocenters. The van der Waals surface area contributed by atoms with E-state index in [4.69, 9.17) is 0 Å². The van der Waals surface area contributed by atoms with Gasteiger partial charge in [0.05, 0.1) is 11.4 Å². The number of carbonyl (C=O) groups is 1. The second kappa shape index (κ2) is 6.57. The van der Waals surface area contributed by atoms with Crippen LogP contribution in [0.3, 0.4) is 0 Å². The number of amides is 1. The summed E-state index contributed by atoms with van der Waals surface area (Å²) in [5.41, 5.74) is 1.78. The molecule has 2 heterocycles. The van der Waals surface area contributed by atoms with E-state index < -0.39 is 0 Å². The summed E-state index contributed by atoms with van der Waals surface area (Å²) in [6.07, 6.45) is 2.34. The summed E-state index contributed by atoms with van der Waals surface area (Å²) >= 11 is 1.68. The maximum atomic E-state index is 13.2. The van der Waals surface area contributed by atoms with Crippen molar-refractivity contribution < 1.29 is 9.18 Å². The van der Waals surface area contributed by atoms with Crippen molar-refractivity contribution in [1.29, 1.82) is 0 Å². The standard InChI is InChI=1S/C17H19FN2OS/c1-12-11-22-17(19-12)14-5-3-7-20(10-14)16(21)9-13-4-2-6-15(18)8-13/h2,4,6,8,11,14H,3,5,7,9-10H2,1H3. The molecule has 0 N–H and O–H groups in total. The number of halogens is 1. The molecule has 2 aromatic rings. The van der Waals surface area contributed by atoms with E-state index in [2.05, 4.69) is 10.4 Å². The second-order valence-corrected chi connectivity index (χ2v) is 6.70. The lowest BCUT2D eigenvalue weighted by Gasteiger charge is -2.32. The van der Waals surface area contributed by atoms with Gasteiger partial charge in [-0.05, 0) is 37.5 Å². The Morgan fingerprint density at radius 2 is 2.36 bits per heavy atom. The molecule has 22 heavy (non-hydrogen) atoms. The van der Waals surface area contributed by atoms with E-state index in [1.54, 1.807) is 23.5 Å². The Morgan fingerprint density at radius 1 is 1.50 bits per heavy atom. The number of hydrogen-bond donors (Lipinski definition) is 0. The minimum absolute atomic E-state index is 0.0728. The molecule has 0 bridgehead atoms. The van der Waals surface area contributed by atoms with E-state index in [1.165, 1.54) is 12.1 Å². The normalized spacial score (nSPS) is 18.5. The molecule has 0 radical (unpaired) electrons. The van der Waals surface area contributed by atoms with Gasteiger partial charge in [-0.3, -0.25) is 4.79 Å². The van der Waals surface area contributed by atoms with Crippen LogP contribution in [-0.2, 0) is 11.2 Å². The third-order valence-corrected chi connectivity index (χ3v) is 5.13. The fourth-order valence-corrected chi connectivity index (χ4v) is 3.82. The first-order valence-electron chi connectivity index (χ1n) is 7.56. The van der Waals surface area contributed by atoms with Gasteiger partial charge in [-0.2, -0.15) is 0 Å². The highest BCUT2D eigenvalue weighted by atomic mass is 32.1. The lowest BCUT2D eigenvalue weighted by Crippen LogP contribution is -2.39. The van der Waals surface area contributed by atoms with E-state index in [0.29, 0.717) is 5.92 Å². The zero-order valence-corrected chi connectivity index (χ0v) is 13.4. The molecule has 1 amide bonds. The highest BCUT2D eigenvalue weighted by molar-refractivity contribution is 7.09. The minimum Gasteiger partial charge on any atom is -0.342 e. The quantitative estimate of drug-likeness (QED) is 0.867. The number of likely N-dealkylation sites (tertiary alicyclic amines) is 1. The fraction of sp³-hybridized carbons (Fsp3) is 0.412. The van der Waals surface area contributed by atoms with Gasteiger partial charge in [0.1, 0.15) is 5.82 Å². The largest absolute Gasteiger partial charge is 0.342 e. The number of hydrogen-bond acceptors (Lipinski definition) is 3. The zero-order chi connectivity index (χ0) is 15.5. The molecule has 3 rings (SSSR count). The Bertz CT molecular complexity index is 670. The Labute approximate surface area is 133 Å². The first-order valence-corrected chi connectivity index (χ1v) is 8.44. The lowest BCUT2D eigenvalue weighted by molar-refractivity contribution is -0.131. The molecule has 116 valence electrons. The van der Waals surface area contributed by atoms with E-state index >= 15 is 0 Å². The van der Waals surface area contributed by atoms with Crippen molar-refractivity contribution in [1.82, 2.24) is 9.88 Å². The van der Waals surface area contributed by atoms with Crippen LogP contribution in [0.1, 0.15) is 35.0 Å². The number of thiazole rings is 1. The third kappa shape index (κ3) is 3.53. The third-order valence-electron chi connectivity index (χ3n) is 4.00. The number of aryl methyl sites for hydroxylation is 1. The molecule has 1 aromatic heterocycles. The van der Waals surface area contributed by atoms with Crippen molar-refractivity contribution in [3.05, 3.63) is 51.7 Å². The molecule has 1 aromatic carbocycles. The van der Waals surface area contributed by atoms with Gasteiger partial charge in [0.15, 0.2) is 0 Å². The molecule has 0 saturated carbocycles. The van der Waals surface area contributed by atoms with Crippen molar-refractivity contribution in [3.8, 4) is 0 Å². The van der Waals surface area contributed by atoms with E-state index in [1.807, 2.05) is 11.8 Å². The van der Waals surface area contributed by atoms with Gasteiger partial charge in [0.2, 0.25) is 5.91 Å². The Balaban J connectivity index is 1.65. The first-order chi connectivity index (χ1) is 10.6. The van der Waals surface area contributed by atoms with Crippen molar-refractivity contribution in [2.75, 3.05) is 13.1 Å². The molecular formula is C17H19FN2OS. The molecule has 1 aliphatic heterocycles. The van der Waals surface area contributed by atoms with Gasteiger partial charge in [-0.1, -0.05) is 12.1 Å². The summed E-state index contributed by atoms with van der Waals surface area (Å²) in [6, 6.07) is 6.28. The van der Waals surface area contributed by atoms with Gasteiger partial charge in [0, 0.05) is 30.1 Å². The predicted octanol–water partition coefficient (Wildman–Crippen LogP) is 3.54. The van der Waals surface area contributed by atoms with Gasteiger partial charge >= 0.3 is 0 Å². The van der Waals surface area contributed by atoms with Crippen LogP contribution in [0.5, 0.6) is 0 Å². The van der Waals surface area contributed by atoms with Crippen LogP contribution in [0.4, 0.5) is 4.39 Å². The second-order valence-electron chi connectivity index (χ2n) is 5.81. The molecule has 1 saturated heterocycles. The molecule has 0 aliphatic carbocycles. The highest BCUT2D eigenvalue weighted by Crippen LogP contribution is 2.29. The number of piperidine rings is 1. The molecule has 1 fully saturated rings. The number of aromatic nitrogens is 1. The maximum Gasteiger partial charge on any atom is 0.227 e. The van der Waals surface area contributed by atoms with E-state index in [-0.39, 0.29) is 18.1 Å². The lowest BCUT2D eigenvalue weighted by atomic mass is 9.98. The topological polar surface area (TPSA) is 33.2 Å². The van der Waals surface area contributed by atoms with Crippen LogP contribution >= 0.6 is 11.3 Å². The van der Waals surface area contributed by atoms with E-state index in [9.17, 15) is 9.18 Å². The van der Waals surface area contributed by atoms with Crippen molar-refractivity contribution in [2.45, 2.75) is 32.1 Å². The summed E-state index contributed by atoms with van der Waals surface area (Å²) in [5, 5.41) is 3.18. The first kappa shape index (κ1) is 15.2. The average Bonchev–Trinajstić information content (AvgIpc) is 2.94. The molecule has 5 heteroatoms. The molecule has 1 aliphatic rings. The summed E-state index contributed by atoms with van der Waals surface area (Å²) in [4.78, 5) is 18.9. The Kier molecular flexibility index (Phi) is 4.52. The fourth-order valence-electron chi connectivity index (χ4n) is 2.90. The minimum atomic E-state index is -0.292. The van der Waals surface area contributed by atoms with E-state index in [0.717, 1.165) is 42.2 Å². The van der Waals surface area contributed by atoms with Gasteiger partial charge < -0.3 is 4.90 Å². The molecule has 3 nitrogen and oxygen atoms in total. The van der Waals surface area contributed by atoms with Crippen LogP contribution in [-0.4, -0.2) is 28.9 Å². The molecule has 1 atom stereocenters. The van der Waals surface area contributed by atoms with Crippen LogP contribution in [0, 0.1) is 12.7 Å². The number of benzene rings is 1. The number of rotatable bonds is 3. The van der Waals surface area contributed by atoms with Crippen LogP contribution in [0.25, 0.3) is 0 Å². The number of nitrogens with zero attached hydrogens (tertiary/aromatic N) is 2. The maximum absolute atomic E-state index is 13.2. The highest BCUT2D eigenvalue weighted by Gasteiger charge is 2.26. The van der Waals surface area contributed by atoms with Gasteiger partial charge in [0.25, 0.3) is 0 Å². The average molecular weight is 318 g/mol. The van der Waals surface area contributed by atoms with Gasteiger partial charge in [-0.25, -0.2) is 9.37 Å². The SMILES string of the molecule is Cc1csc(C2CCCN(C(=O)Cc3cccc(F)c3)C2)n1. The summed E-state index contributed by atoms with van der Waals surface area (Å²) in [7, 11) is 0. The Hall–Kier alpha value is -1.75. The smallest absolute Gasteiger partial charge is 0.227 e. The Morgan fingerprint density at radius 3 is 3.09 bits per heavy atom. The van der Waals surface area contributed by atoms with Crippen LogP contribution in [0.15, 0.2) is 29.6 Å². The van der Waals surface area contributed by atoms with Crippen molar-refractivity contribution in [3.63, 3.8) is 0 Å². The van der Waals surface area contributed by atoms with Crippen molar-refractivity contribution in [2.24, 2.45) is 0 Å². The monoisotopic (exact) mass is 318 g/mol. The van der Waals surface area contributed by atoms with Crippen LogP contribution < -0.4 is 0 Å². The van der Waals surface area contributed by atoms with Crippen molar-refractivity contribution >= 4 is 17.2 Å². The molecular weight excluding hydrogens is 299 g/mol. The molecule has 0 spiro atoms. The summed E-state index contributed by atoms with van der Waals surface area (Å²) in [5.74, 6) is 0.118.